The van der Waals surface area contributed by atoms with E-state index in [2.05, 4.69) is 20.1 Å². The fourth-order valence-corrected chi connectivity index (χ4v) is 2.16. The van der Waals surface area contributed by atoms with Crippen molar-refractivity contribution >= 4 is 29.4 Å². The van der Waals surface area contributed by atoms with Crippen LogP contribution in [0.2, 0.25) is 0 Å². The summed E-state index contributed by atoms with van der Waals surface area (Å²) in [6.07, 6.45) is -2.53. The molecule has 2 N–H and O–H groups in total. The number of halogens is 3. The lowest BCUT2D eigenvalue weighted by molar-refractivity contribution is -0.274. The van der Waals surface area contributed by atoms with E-state index in [1.807, 2.05) is 6.26 Å². The maximum atomic E-state index is 12.1. The van der Waals surface area contributed by atoms with Gasteiger partial charge in [0.15, 0.2) is 0 Å². The summed E-state index contributed by atoms with van der Waals surface area (Å²) in [6.45, 7) is 0. The number of hydrogen-bond acceptors (Lipinski definition) is 5. The molecule has 1 aromatic carbocycles. The summed E-state index contributed by atoms with van der Waals surface area (Å²) in [4.78, 5) is 23.5. The average molecular weight is 366 g/mol. The van der Waals surface area contributed by atoms with E-state index in [9.17, 15) is 22.8 Å². The molecule has 0 unspecified atom stereocenters. The first-order valence-corrected chi connectivity index (χ1v) is 8.14. The monoisotopic (exact) mass is 366 g/mol. The van der Waals surface area contributed by atoms with Gasteiger partial charge in [0.25, 0.3) is 0 Å². The minimum atomic E-state index is -4.78. The molecule has 0 bridgehead atoms. The summed E-state index contributed by atoms with van der Waals surface area (Å²) in [5.74, 6) is -0.335. The number of hydrogen-bond donors (Lipinski definition) is 2. The van der Waals surface area contributed by atoms with Crippen LogP contribution in [-0.4, -0.2) is 43.5 Å². The van der Waals surface area contributed by atoms with E-state index < -0.39 is 30.2 Å². The highest BCUT2D eigenvalue weighted by atomic mass is 32.2. The number of esters is 1. The third-order valence-electron chi connectivity index (χ3n) is 2.75. The molecule has 1 rings (SSSR count). The molecule has 0 fully saturated rings. The lowest BCUT2D eigenvalue weighted by Crippen LogP contribution is -2.44. The Labute approximate surface area is 141 Å². The van der Waals surface area contributed by atoms with Crippen molar-refractivity contribution in [2.24, 2.45) is 0 Å². The lowest BCUT2D eigenvalue weighted by Gasteiger charge is -2.16. The number of urea groups is 1. The van der Waals surface area contributed by atoms with Gasteiger partial charge in [0.1, 0.15) is 11.8 Å². The van der Waals surface area contributed by atoms with Crippen LogP contribution in [0.4, 0.5) is 23.7 Å². The van der Waals surface area contributed by atoms with E-state index in [4.69, 9.17) is 0 Å². The molecule has 0 aromatic heterocycles. The molecule has 24 heavy (non-hydrogen) atoms. The first-order chi connectivity index (χ1) is 11.2. The zero-order valence-corrected chi connectivity index (χ0v) is 13.8. The number of carbonyl (C=O) groups is 2. The van der Waals surface area contributed by atoms with Gasteiger partial charge in [-0.3, -0.25) is 0 Å². The molecule has 0 radical (unpaired) electrons. The number of alkyl halides is 3. The quantitative estimate of drug-likeness (QED) is 0.726. The Bertz CT molecular complexity index is 552. The van der Waals surface area contributed by atoms with Crippen molar-refractivity contribution in [3.05, 3.63) is 24.3 Å². The minimum absolute atomic E-state index is 0.246. The molecular weight excluding hydrogens is 349 g/mol. The number of methoxy groups -OCH3 is 1. The van der Waals surface area contributed by atoms with Crippen molar-refractivity contribution in [2.45, 2.75) is 18.8 Å². The van der Waals surface area contributed by atoms with Crippen molar-refractivity contribution in [1.82, 2.24) is 5.32 Å². The number of carbonyl (C=O) groups excluding carboxylic acids is 2. The smallest absolute Gasteiger partial charge is 0.467 e. The van der Waals surface area contributed by atoms with Crippen LogP contribution in [0.15, 0.2) is 24.3 Å². The molecule has 0 saturated heterocycles. The predicted octanol–water partition coefficient (Wildman–Crippen LogP) is 3.00. The lowest BCUT2D eigenvalue weighted by atomic mass is 10.2. The molecule has 2 amide bonds. The second kappa shape index (κ2) is 9.26. The van der Waals surface area contributed by atoms with Crippen LogP contribution in [0.1, 0.15) is 6.42 Å². The molecule has 10 heteroatoms. The van der Waals surface area contributed by atoms with Gasteiger partial charge in [0.2, 0.25) is 0 Å². The van der Waals surface area contributed by atoms with Gasteiger partial charge in [0, 0.05) is 5.69 Å². The number of anilines is 1. The van der Waals surface area contributed by atoms with Crippen LogP contribution in [0.5, 0.6) is 5.75 Å². The summed E-state index contributed by atoms with van der Waals surface area (Å²) in [7, 11) is 1.22. The Morgan fingerprint density at radius 2 is 1.88 bits per heavy atom. The number of nitrogens with one attached hydrogen (secondary N) is 2. The molecule has 0 heterocycles. The van der Waals surface area contributed by atoms with Crippen molar-refractivity contribution in [3.8, 4) is 5.75 Å². The first-order valence-electron chi connectivity index (χ1n) is 6.75. The average Bonchev–Trinajstić information content (AvgIpc) is 2.51. The third-order valence-corrected chi connectivity index (χ3v) is 3.39. The van der Waals surface area contributed by atoms with Gasteiger partial charge in [-0.1, -0.05) is 0 Å². The Morgan fingerprint density at radius 1 is 1.25 bits per heavy atom. The summed E-state index contributed by atoms with van der Waals surface area (Å²) in [5, 5.41) is 4.87. The van der Waals surface area contributed by atoms with Gasteiger partial charge in [-0.05, 0) is 42.7 Å². The molecule has 134 valence electrons. The van der Waals surface area contributed by atoms with Crippen molar-refractivity contribution < 1.29 is 32.2 Å². The maximum Gasteiger partial charge on any atom is 0.573 e. The highest BCUT2D eigenvalue weighted by Crippen LogP contribution is 2.23. The van der Waals surface area contributed by atoms with Gasteiger partial charge in [0.05, 0.1) is 7.11 Å². The molecule has 6 nitrogen and oxygen atoms in total. The number of amides is 2. The SMILES string of the molecule is COC(=O)[C@H](CCSC)NC(=O)Nc1ccc(OC(F)(F)F)cc1. The van der Waals surface area contributed by atoms with Gasteiger partial charge < -0.3 is 20.1 Å². The van der Waals surface area contributed by atoms with Crippen LogP contribution >= 0.6 is 11.8 Å². The van der Waals surface area contributed by atoms with Crippen LogP contribution in [0.25, 0.3) is 0 Å². The van der Waals surface area contributed by atoms with Crippen LogP contribution < -0.4 is 15.4 Å². The topological polar surface area (TPSA) is 76.7 Å². The molecule has 0 aliphatic rings. The van der Waals surface area contributed by atoms with Gasteiger partial charge in [-0.25, -0.2) is 9.59 Å². The second-order valence-electron chi connectivity index (χ2n) is 4.53. The normalized spacial score (nSPS) is 12.2. The van der Waals surface area contributed by atoms with E-state index >= 15 is 0 Å². The molecular formula is C14H17F3N2O4S. The van der Waals surface area contributed by atoms with E-state index in [1.54, 1.807) is 0 Å². The van der Waals surface area contributed by atoms with Crippen molar-refractivity contribution in [2.75, 3.05) is 24.4 Å². The number of benzene rings is 1. The Hall–Kier alpha value is -2.10. The molecule has 0 saturated carbocycles. The minimum Gasteiger partial charge on any atom is -0.467 e. The summed E-state index contributed by atoms with van der Waals surface area (Å²) in [6, 6.07) is 3.14. The van der Waals surface area contributed by atoms with Crippen LogP contribution in [0.3, 0.4) is 0 Å². The fourth-order valence-electron chi connectivity index (χ4n) is 1.69. The maximum absolute atomic E-state index is 12.1. The first kappa shape index (κ1) is 19.9. The predicted molar refractivity (Wildman–Crippen MR) is 84.1 cm³/mol. The highest BCUT2D eigenvalue weighted by Gasteiger charge is 2.31. The fraction of sp³-hybridized carbons (Fsp3) is 0.429. The Balaban J connectivity index is 2.61. The van der Waals surface area contributed by atoms with Crippen LogP contribution in [0, 0.1) is 0 Å². The zero-order chi connectivity index (χ0) is 18.2. The third kappa shape index (κ3) is 7.44. The molecule has 0 spiro atoms. The Morgan fingerprint density at radius 3 is 2.38 bits per heavy atom. The number of rotatable bonds is 7. The molecule has 0 aliphatic carbocycles. The highest BCUT2D eigenvalue weighted by molar-refractivity contribution is 7.98. The molecule has 0 aliphatic heterocycles. The van der Waals surface area contributed by atoms with E-state index in [-0.39, 0.29) is 5.69 Å². The number of thioether (sulfide) groups is 1. The van der Waals surface area contributed by atoms with Crippen molar-refractivity contribution in [1.29, 1.82) is 0 Å². The van der Waals surface area contributed by atoms with Crippen molar-refractivity contribution in [3.63, 3.8) is 0 Å². The van der Waals surface area contributed by atoms with E-state index in [0.717, 1.165) is 12.1 Å². The summed E-state index contributed by atoms with van der Waals surface area (Å²) < 4.78 is 44.5. The second-order valence-corrected chi connectivity index (χ2v) is 5.51. The Kier molecular flexibility index (Phi) is 7.69. The summed E-state index contributed by atoms with van der Waals surface area (Å²) in [5.41, 5.74) is 0.246. The largest absolute Gasteiger partial charge is 0.573 e. The zero-order valence-electron chi connectivity index (χ0n) is 13.0. The van der Waals surface area contributed by atoms with E-state index in [1.165, 1.54) is 31.0 Å². The van der Waals surface area contributed by atoms with Crippen LogP contribution in [-0.2, 0) is 9.53 Å². The standard InChI is InChI=1S/C14H17F3N2O4S/c1-22-12(20)11(7-8-24-2)19-13(21)18-9-3-5-10(6-4-9)23-14(15,16)17/h3-6,11H,7-8H2,1-2H3,(H2,18,19,21)/t11-/m0/s1. The molecule has 1 atom stereocenters. The van der Waals surface area contributed by atoms with Gasteiger partial charge in [-0.2, -0.15) is 11.8 Å². The van der Waals surface area contributed by atoms with Gasteiger partial charge in [-0.15, -0.1) is 13.2 Å². The summed E-state index contributed by atoms with van der Waals surface area (Å²) >= 11 is 1.51. The molecule has 1 aromatic rings. The van der Waals surface area contributed by atoms with Gasteiger partial charge >= 0.3 is 18.4 Å². The van der Waals surface area contributed by atoms with E-state index in [0.29, 0.717) is 12.2 Å². The number of ether oxygens (including phenoxy) is 2.